The second kappa shape index (κ2) is 6.60. The maximum atomic E-state index is 12.7. The number of nitrogens with one attached hydrogen (secondary N) is 1. The van der Waals surface area contributed by atoms with Gasteiger partial charge in [-0.15, -0.1) is 0 Å². The van der Waals surface area contributed by atoms with Crippen molar-refractivity contribution in [2.24, 2.45) is 0 Å². The number of para-hydroxylation sites is 2. The third-order valence-electron chi connectivity index (χ3n) is 4.00. The summed E-state index contributed by atoms with van der Waals surface area (Å²) in [6.45, 7) is 2.93. The van der Waals surface area contributed by atoms with Gasteiger partial charge in [0.25, 0.3) is 5.91 Å². The Hall–Kier alpha value is -2.69. The van der Waals surface area contributed by atoms with E-state index >= 15 is 0 Å². The van der Waals surface area contributed by atoms with Crippen molar-refractivity contribution in [2.45, 2.75) is 19.3 Å². The monoisotopic (exact) mass is 309 g/mol. The second-order valence-corrected chi connectivity index (χ2v) is 5.64. The highest BCUT2D eigenvalue weighted by Gasteiger charge is 2.26. The molecule has 5 nitrogen and oxygen atoms in total. The number of aromatic nitrogens is 1. The zero-order chi connectivity index (χ0) is 16.2. The van der Waals surface area contributed by atoms with Crippen molar-refractivity contribution >= 4 is 17.3 Å². The van der Waals surface area contributed by atoms with Crippen LogP contribution in [0.15, 0.2) is 48.8 Å². The highest BCUT2D eigenvalue weighted by atomic mass is 16.5. The van der Waals surface area contributed by atoms with E-state index in [1.165, 1.54) is 0 Å². The molecule has 0 radical (unpaired) electrons. The molecule has 0 saturated carbocycles. The van der Waals surface area contributed by atoms with E-state index in [1.54, 1.807) is 17.3 Å². The van der Waals surface area contributed by atoms with Crippen LogP contribution in [-0.4, -0.2) is 29.8 Å². The quantitative estimate of drug-likeness (QED) is 0.883. The van der Waals surface area contributed by atoms with Gasteiger partial charge in [-0.05, 0) is 29.7 Å². The van der Waals surface area contributed by atoms with E-state index in [0.717, 1.165) is 11.3 Å². The van der Waals surface area contributed by atoms with Crippen LogP contribution >= 0.6 is 0 Å². The molecule has 0 saturated heterocycles. The fraction of sp³-hybridized carbons (Fsp3) is 0.278. The molecule has 1 aromatic carbocycles. The van der Waals surface area contributed by atoms with Crippen molar-refractivity contribution in [3.63, 3.8) is 0 Å². The third-order valence-corrected chi connectivity index (χ3v) is 4.00. The Morgan fingerprint density at radius 1 is 1.35 bits per heavy atom. The molecule has 1 aliphatic rings. The van der Waals surface area contributed by atoms with E-state index in [-0.39, 0.29) is 17.5 Å². The lowest BCUT2D eigenvalue weighted by Crippen LogP contribution is -2.41. The molecule has 0 fully saturated rings. The largest absolute Gasteiger partial charge is 0.490 e. The van der Waals surface area contributed by atoms with Crippen molar-refractivity contribution in [1.29, 1.82) is 5.41 Å². The van der Waals surface area contributed by atoms with Crippen LogP contribution in [0.5, 0.6) is 5.75 Å². The average Bonchev–Trinajstić information content (AvgIpc) is 2.61. The molecule has 2 heterocycles. The van der Waals surface area contributed by atoms with Crippen LogP contribution in [0, 0.1) is 5.41 Å². The number of ether oxygens (including phenoxy) is 1. The summed E-state index contributed by atoms with van der Waals surface area (Å²) in [6, 6.07) is 11.3. The van der Waals surface area contributed by atoms with Gasteiger partial charge in [-0.3, -0.25) is 15.2 Å². The van der Waals surface area contributed by atoms with Gasteiger partial charge in [-0.1, -0.05) is 25.1 Å². The van der Waals surface area contributed by atoms with Crippen molar-refractivity contribution in [3.05, 3.63) is 54.4 Å². The standard InChI is InChI=1S/C18H19N3O2/c1-13(14-5-4-8-20-12-14)11-15(19)18(22)21-9-10-23-17-7-3-2-6-16(17)21/h2-8,12-13,19H,9-11H2,1H3. The van der Waals surface area contributed by atoms with Crippen molar-refractivity contribution < 1.29 is 9.53 Å². The van der Waals surface area contributed by atoms with E-state index in [0.29, 0.717) is 25.3 Å². The molecule has 1 aliphatic heterocycles. The van der Waals surface area contributed by atoms with Crippen molar-refractivity contribution in [1.82, 2.24) is 4.98 Å². The molecular weight excluding hydrogens is 290 g/mol. The number of anilines is 1. The number of benzene rings is 1. The summed E-state index contributed by atoms with van der Waals surface area (Å²) >= 11 is 0. The Labute approximate surface area is 135 Å². The molecule has 5 heteroatoms. The van der Waals surface area contributed by atoms with Gasteiger partial charge in [-0.25, -0.2) is 0 Å². The van der Waals surface area contributed by atoms with Crippen LogP contribution in [-0.2, 0) is 4.79 Å². The van der Waals surface area contributed by atoms with Crippen molar-refractivity contribution in [3.8, 4) is 5.75 Å². The minimum atomic E-state index is -0.253. The predicted molar refractivity (Wildman–Crippen MR) is 89.3 cm³/mol. The molecule has 1 amide bonds. The summed E-state index contributed by atoms with van der Waals surface area (Å²) in [5.41, 5.74) is 1.88. The first kappa shape index (κ1) is 15.2. The van der Waals surface area contributed by atoms with Crippen LogP contribution in [0.1, 0.15) is 24.8 Å². The minimum Gasteiger partial charge on any atom is -0.490 e. The summed E-state index contributed by atoms with van der Waals surface area (Å²) in [4.78, 5) is 18.4. The fourth-order valence-corrected chi connectivity index (χ4v) is 2.72. The molecule has 23 heavy (non-hydrogen) atoms. The van der Waals surface area contributed by atoms with Crippen LogP contribution in [0.4, 0.5) is 5.69 Å². The minimum absolute atomic E-state index is 0.0800. The van der Waals surface area contributed by atoms with Crippen molar-refractivity contribution in [2.75, 3.05) is 18.1 Å². The first-order chi connectivity index (χ1) is 11.2. The average molecular weight is 309 g/mol. The second-order valence-electron chi connectivity index (χ2n) is 5.64. The van der Waals surface area contributed by atoms with E-state index in [1.807, 2.05) is 43.3 Å². The topological polar surface area (TPSA) is 66.3 Å². The van der Waals surface area contributed by atoms with Crippen LogP contribution in [0.2, 0.25) is 0 Å². The number of nitrogens with zero attached hydrogens (tertiary/aromatic N) is 2. The maximum Gasteiger partial charge on any atom is 0.272 e. The number of hydrogen-bond acceptors (Lipinski definition) is 4. The third kappa shape index (κ3) is 3.23. The molecular formula is C18H19N3O2. The Morgan fingerprint density at radius 2 is 2.17 bits per heavy atom. The van der Waals surface area contributed by atoms with Gasteiger partial charge < -0.3 is 9.64 Å². The van der Waals surface area contributed by atoms with Gasteiger partial charge in [0.15, 0.2) is 0 Å². The first-order valence-corrected chi connectivity index (χ1v) is 7.68. The van der Waals surface area contributed by atoms with Gasteiger partial charge in [0, 0.05) is 18.8 Å². The summed E-state index contributed by atoms with van der Waals surface area (Å²) in [5.74, 6) is 0.521. The molecule has 0 spiro atoms. The summed E-state index contributed by atoms with van der Waals surface area (Å²) in [5, 5.41) is 8.20. The number of fused-ring (bicyclic) bond motifs is 1. The van der Waals surface area contributed by atoms with Gasteiger partial charge in [0.2, 0.25) is 0 Å². The lowest BCUT2D eigenvalue weighted by Gasteiger charge is -2.29. The maximum absolute atomic E-state index is 12.7. The van der Waals surface area contributed by atoms with Crippen LogP contribution < -0.4 is 9.64 Å². The molecule has 3 rings (SSSR count). The van der Waals surface area contributed by atoms with E-state index < -0.39 is 0 Å². The number of pyridine rings is 1. The normalized spacial score (nSPS) is 14.6. The molecule has 1 unspecified atom stereocenters. The lowest BCUT2D eigenvalue weighted by molar-refractivity contribution is -0.113. The molecule has 0 aliphatic carbocycles. The molecule has 118 valence electrons. The summed E-state index contributed by atoms with van der Waals surface area (Å²) in [6.07, 6.45) is 3.90. The highest BCUT2D eigenvalue weighted by molar-refractivity contribution is 6.42. The molecule has 1 aromatic heterocycles. The Balaban J connectivity index is 1.72. The molecule has 1 N–H and O–H groups in total. The van der Waals surface area contributed by atoms with E-state index in [4.69, 9.17) is 10.1 Å². The summed E-state index contributed by atoms with van der Waals surface area (Å²) < 4.78 is 5.56. The predicted octanol–water partition coefficient (Wildman–Crippen LogP) is 3.02. The number of amides is 1. The highest BCUT2D eigenvalue weighted by Crippen LogP contribution is 2.31. The van der Waals surface area contributed by atoms with E-state index in [9.17, 15) is 4.79 Å². The SMILES string of the molecule is CC(CC(=N)C(=O)N1CCOc2ccccc21)c1cccnc1. The van der Waals surface area contributed by atoms with Gasteiger partial charge in [0.1, 0.15) is 12.4 Å². The zero-order valence-electron chi connectivity index (χ0n) is 13.0. The van der Waals surface area contributed by atoms with Crippen LogP contribution in [0.3, 0.4) is 0 Å². The van der Waals surface area contributed by atoms with Gasteiger partial charge in [-0.2, -0.15) is 0 Å². The summed E-state index contributed by atoms with van der Waals surface area (Å²) in [7, 11) is 0. The smallest absolute Gasteiger partial charge is 0.272 e. The molecule has 1 atom stereocenters. The zero-order valence-corrected chi connectivity index (χ0v) is 13.0. The number of rotatable bonds is 4. The lowest BCUT2D eigenvalue weighted by atomic mass is 9.96. The number of hydrogen-bond donors (Lipinski definition) is 1. The van der Waals surface area contributed by atoms with Crippen LogP contribution in [0.25, 0.3) is 0 Å². The number of carbonyl (C=O) groups excluding carboxylic acids is 1. The first-order valence-electron chi connectivity index (χ1n) is 7.68. The van der Waals surface area contributed by atoms with Gasteiger partial charge in [0.05, 0.1) is 17.9 Å². The Bertz CT molecular complexity index is 715. The fourth-order valence-electron chi connectivity index (χ4n) is 2.72. The number of carbonyl (C=O) groups is 1. The van der Waals surface area contributed by atoms with Gasteiger partial charge >= 0.3 is 0 Å². The van der Waals surface area contributed by atoms with E-state index in [2.05, 4.69) is 4.98 Å². The molecule has 2 aromatic rings. The molecule has 0 bridgehead atoms. The Kier molecular flexibility index (Phi) is 4.37. The Morgan fingerprint density at radius 3 is 2.96 bits per heavy atom.